The van der Waals surface area contributed by atoms with Crippen LogP contribution in [0.4, 0.5) is 0 Å². The van der Waals surface area contributed by atoms with Gasteiger partial charge in [0.2, 0.25) is 0 Å². The number of aliphatic carboxylic acids is 1. The molecule has 1 atom stereocenters. The highest BCUT2D eigenvalue weighted by Gasteiger charge is 2.04. The van der Waals surface area contributed by atoms with Crippen LogP contribution >= 0.6 is 0 Å². The Labute approximate surface area is 52.7 Å². The second-order valence-corrected chi connectivity index (χ2v) is 1.61. The van der Waals surface area contributed by atoms with Gasteiger partial charge in [0, 0.05) is 0 Å². The van der Waals surface area contributed by atoms with Gasteiger partial charge in [0.15, 0.2) is 0 Å². The molecule has 0 amide bonds. The topological polar surface area (TPSA) is 77.8 Å². The average Bonchev–Trinajstić information content (AvgIpc) is 1.83. The van der Waals surface area contributed by atoms with Gasteiger partial charge < -0.3 is 15.3 Å². The summed E-state index contributed by atoms with van der Waals surface area (Å²) in [5.41, 5.74) is 0. The molecule has 0 aromatic rings. The van der Waals surface area contributed by atoms with Gasteiger partial charge in [0.05, 0.1) is 19.1 Å². The molecule has 0 saturated heterocycles. The maximum absolute atomic E-state index is 9.77. The minimum absolute atomic E-state index is 0.00810. The fourth-order valence-corrected chi connectivity index (χ4v) is 0.311. The molecule has 0 rings (SSSR count). The molecule has 1 unspecified atom stereocenters. The van der Waals surface area contributed by atoms with E-state index in [2.05, 4.69) is 0 Å². The molecule has 0 aromatic carbocycles. The van der Waals surface area contributed by atoms with Crippen LogP contribution in [0.1, 0.15) is 6.42 Å². The predicted octanol–water partition coefficient (Wildman–Crippen LogP) is -0.981. The summed E-state index contributed by atoms with van der Waals surface area (Å²) in [5, 5.41) is 24.8. The van der Waals surface area contributed by atoms with E-state index >= 15 is 0 Å². The Hall–Kier alpha value is -0.610. The summed E-state index contributed by atoms with van der Waals surface area (Å²) in [5.74, 6) is -1.08. The lowest BCUT2D eigenvalue weighted by molar-refractivity contribution is -0.133. The molecule has 9 heavy (non-hydrogen) atoms. The van der Waals surface area contributed by atoms with Crippen LogP contribution in [0.25, 0.3) is 0 Å². The molecule has 4 nitrogen and oxygen atoms in total. The Bertz CT molecular complexity index is 91.0. The molecular formula is C5H9O4. The zero-order valence-corrected chi connectivity index (χ0v) is 4.82. The van der Waals surface area contributed by atoms with Crippen molar-refractivity contribution < 1.29 is 20.1 Å². The molecule has 0 heterocycles. The number of hydrogen-bond acceptors (Lipinski definition) is 3. The molecule has 1 radical (unpaired) electrons. The van der Waals surface area contributed by atoms with Crippen LogP contribution in [0.2, 0.25) is 0 Å². The van der Waals surface area contributed by atoms with Crippen molar-refractivity contribution in [2.24, 2.45) is 0 Å². The van der Waals surface area contributed by atoms with Gasteiger partial charge in [-0.1, -0.05) is 0 Å². The van der Waals surface area contributed by atoms with Crippen LogP contribution in [0.15, 0.2) is 0 Å². The maximum Gasteiger partial charge on any atom is 0.307 e. The SMILES string of the molecule is O=C(O)[CH]CC(O)CO. The molecule has 0 aliphatic carbocycles. The molecule has 4 heteroatoms. The fraction of sp³-hybridized carbons (Fsp3) is 0.600. The molecular weight excluding hydrogens is 124 g/mol. The number of carbonyl (C=O) groups is 1. The third kappa shape index (κ3) is 5.26. The summed E-state index contributed by atoms with van der Waals surface area (Å²) in [6.07, 6.45) is -0.0479. The normalized spacial score (nSPS) is 13.1. The van der Waals surface area contributed by atoms with Crippen LogP contribution in [0, 0.1) is 6.42 Å². The average molecular weight is 133 g/mol. The zero-order valence-electron chi connectivity index (χ0n) is 4.82. The maximum atomic E-state index is 9.77. The Morgan fingerprint density at radius 2 is 2.22 bits per heavy atom. The van der Waals surface area contributed by atoms with Gasteiger partial charge in [0.1, 0.15) is 0 Å². The fourth-order valence-electron chi connectivity index (χ4n) is 0.311. The van der Waals surface area contributed by atoms with Crippen LogP contribution in [0.3, 0.4) is 0 Å². The number of carboxylic acid groups (broad SMARTS) is 1. The molecule has 0 fully saturated rings. The van der Waals surface area contributed by atoms with Crippen LogP contribution < -0.4 is 0 Å². The molecule has 3 N–H and O–H groups in total. The van der Waals surface area contributed by atoms with E-state index in [4.69, 9.17) is 15.3 Å². The van der Waals surface area contributed by atoms with E-state index in [0.717, 1.165) is 6.42 Å². The van der Waals surface area contributed by atoms with E-state index in [0.29, 0.717) is 0 Å². The Balaban J connectivity index is 3.16. The van der Waals surface area contributed by atoms with E-state index in [1.54, 1.807) is 0 Å². The Morgan fingerprint density at radius 1 is 1.67 bits per heavy atom. The molecule has 0 aromatic heterocycles. The summed E-state index contributed by atoms with van der Waals surface area (Å²) in [7, 11) is 0. The van der Waals surface area contributed by atoms with Gasteiger partial charge in [-0.2, -0.15) is 0 Å². The first-order chi connectivity index (χ1) is 4.16. The van der Waals surface area contributed by atoms with Gasteiger partial charge in [0.25, 0.3) is 0 Å². The summed E-state index contributed by atoms with van der Waals surface area (Å²) in [4.78, 5) is 9.77. The summed E-state index contributed by atoms with van der Waals surface area (Å²) < 4.78 is 0. The first-order valence-corrected chi connectivity index (χ1v) is 2.52. The van der Waals surface area contributed by atoms with E-state index in [9.17, 15) is 4.79 Å². The lowest BCUT2D eigenvalue weighted by Gasteiger charge is -2.01. The minimum Gasteiger partial charge on any atom is -0.481 e. The molecule has 0 spiro atoms. The second kappa shape index (κ2) is 4.29. The van der Waals surface area contributed by atoms with Crippen molar-refractivity contribution in [3.63, 3.8) is 0 Å². The number of aliphatic hydroxyl groups excluding tert-OH is 2. The van der Waals surface area contributed by atoms with Crippen molar-refractivity contribution in [1.29, 1.82) is 0 Å². The first kappa shape index (κ1) is 8.39. The van der Waals surface area contributed by atoms with Crippen molar-refractivity contribution in [1.82, 2.24) is 0 Å². The predicted molar refractivity (Wildman–Crippen MR) is 29.6 cm³/mol. The van der Waals surface area contributed by atoms with Gasteiger partial charge in [-0.15, -0.1) is 0 Å². The number of hydrogen-bond donors (Lipinski definition) is 3. The monoisotopic (exact) mass is 133 g/mol. The molecule has 0 aliphatic rings. The van der Waals surface area contributed by atoms with Crippen molar-refractivity contribution in [3.8, 4) is 0 Å². The van der Waals surface area contributed by atoms with Crippen LogP contribution in [0.5, 0.6) is 0 Å². The standard InChI is InChI=1S/C5H9O4/c6-3-4(7)1-2-5(8)9/h2,4,6-7H,1,3H2,(H,8,9). The largest absolute Gasteiger partial charge is 0.481 e. The molecule has 0 saturated carbocycles. The highest BCUT2D eigenvalue weighted by atomic mass is 16.4. The smallest absolute Gasteiger partial charge is 0.307 e. The lowest BCUT2D eigenvalue weighted by Crippen LogP contribution is -2.13. The van der Waals surface area contributed by atoms with E-state index in [1.165, 1.54) is 0 Å². The summed E-state index contributed by atoms with van der Waals surface area (Å²) in [6, 6.07) is 0. The van der Waals surface area contributed by atoms with E-state index < -0.39 is 18.7 Å². The third-order valence-corrected chi connectivity index (χ3v) is 0.775. The minimum atomic E-state index is -1.08. The highest BCUT2D eigenvalue weighted by Crippen LogP contribution is 1.93. The van der Waals surface area contributed by atoms with Crippen molar-refractivity contribution >= 4 is 5.97 Å². The van der Waals surface area contributed by atoms with Crippen molar-refractivity contribution in [2.75, 3.05) is 6.61 Å². The van der Waals surface area contributed by atoms with Crippen molar-refractivity contribution in [3.05, 3.63) is 6.42 Å². The Morgan fingerprint density at radius 3 is 2.56 bits per heavy atom. The first-order valence-electron chi connectivity index (χ1n) is 2.52. The zero-order chi connectivity index (χ0) is 7.28. The lowest BCUT2D eigenvalue weighted by atomic mass is 10.2. The highest BCUT2D eigenvalue weighted by molar-refractivity contribution is 5.76. The number of aliphatic hydroxyl groups is 2. The van der Waals surface area contributed by atoms with E-state index in [1.807, 2.05) is 0 Å². The van der Waals surface area contributed by atoms with Crippen LogP contribution in [-0.4, -0.2) is 34.0 Å². The quantitative estimate of drug-likeness (QED) is 0.460. The number of rotatable bonds is 4. The molecule has 0 bridgehead atoms. The summed E-state index contributed by atoms with van der Waals surface area (Å²) in [6.45, 7) is -0.399. The van der Waals surface area contributed by atoms with Gasteiger partial charge in [-0.3, -0.25) is 4.79 Å². The number of carboxylic acids is 1. The van der Waals surface area contributed by atoms with Gasteiger partial charge in [-0.25, -0.2) is 0 Å². The molecule has 53 valence electrons. The van der Waals surface area contributed by atoms with E-state index in [-0.39, 0.29) is 6.42 Å². The Kier molecular flexibility index (Phi) is 4.00. The van der Waals surface area contributed by atoms with Gasteiger partial charge in [-0.05, 0) is 6.42 Å². The van der Waals surface area contributed by atoms with Crippen molar-refractivity contribution in [2.45, 2.75) is 12.5 Å². The summed E-state index contributed by atoms with van der Waals surface area (Å²) >= 11 is 0. The second-order valence-electron chi connectivity index (χ2n) is 1.61. The van der Waals surface area contributed by atoms with Crippen LogP contribution in [-0.2, 0) is 4.79 Å². The van der Waals surface area contributed by atoms with Gasteiger partial charge >= 0.3 is 5.97 Å². The third-order valence-electron chi connectivity index (χ3n) is 0.775. The molecule has 0 aliphatic heterocycles.